The molecule has 0 radical (unpaired) electrons. The summed E-state index contributed by atoms with van der Waals surface area (Å²) in [5.41, 5.74) is 5.29. The van der Waals surface area contributed by atoms with E-state index in [9.17, 15) is 13.2 Å². The minimum Gasteiger partial charge on any atom is -0.493 e. The number of nitrogen functional groups attached to an aromatic ring is 1. The summed E-state index contributed by atoms with van der Waals surface area (Å²) in [6.07, 6.45) is -4.48. The number of alkyl halides is 3. The van der Waals surface area contributed by atoms with Gasteiger partial charge in [0.1, 0.15) is 0 Å². The van der Waals surface area contributed by atoms with Crippen molar-refractivity contribution in [2.45, 2.75) is 6.18 Å². The molecule has 2 aromatic heterocycles. The van der Waals surface area contributed by atoms with Crippen molar-refractivity contribution >= 4 is 11.6 Å². The first kappa shape index (κ1) is 14.2. The molecule has 0 aliphatic carbocycles. The van der Waals surface area contributed by atoms with Crippen molar-refractivity contribution < 1.29 is 17.9 Å². The molecule has 8 heteroatoms. The van der Waals surface area contributed by atoms with Crippen molar-refractivity contribution in [1.82, 2.24) is 14.6 Å². The molecule has 0 saturated carbocycles. The molecule has 3 rings (SSSR count). The fourth-order valence-corrected chi connectivity index (χ4v) is 2.27. The largest absolute Gasteiger partial charge is 0.493 e. The average Bonchev–Trinajstić information content (AvgIpc) is 2.86. The van der Waals surface area contributed by atoms with Crippen LogP contribution in [0, 0.1) is 0 Å². The van der Waals surface area contributed by atoms with Crippen molar-refractivity contribution in [2.75, 3.05) is 12.8 Å². The third kappa shape index (κ3) is 2.22. The van der Waals surface area contributed by atoms with E-state index in [-0.39, 0.29) is 22.9 Å². The molecule has 0 fully saturated rings. The fraction of sp³-hybridized carbons (Fsp3) is 0.143. The van der Waals surface area contributed by atoms with E-state index in [1.807, 2.05) is 0 Å². The lowest BCUT2D eigenvalue weighted by Crippen LogP contribution is -2.08. The Labute approximate surface area is 123 Å². The van der Waals surface area contributed by atoms with E-state index in [4.69, 9.17) is 10.5 Å². The van der Waals surface area contributed by atoms with Crippen LogP contribution in [0.5, 0.6) is 5.75 Å². The lowest BCUT2D eigenvalue weighted by atomic mass is 10.0. The number of hydrogen-bond donors (Lipinski definition) is 1. The zero-order valence-corrected chi connectivity index (χ0v) is 11.4. The zero-order valence-electron chi connectivity index (χ0n) is 11.4. The second kappa shape index (κ2) is 4.90. The van der Waals surface area contributed by atoms with Crippen molar-refractivity contribution in [3.8, 4) is 17.0 Å². The predicted octanol–water partition coefficient (Wildman–Crippen LogP) is 3.01. The van der Waals surface area contributed by atoms with Crippen LogP contribution in [0.15, 0.2) is 36.4 Å². The van der Waals surface area contributed by atoms with E-state index in [1.54, 1.807) is 0 Å². The number of anilines is 1. The third-order valence-electron chi connectivity index (χ3n) is 3.19. The molecule has 0 amide bonds. The van der Waals surface area contributed by atoms with Crippen molar-refractivity contribution in [1.29, 1.82) is 0 Å². The first-order chi connectivity index (χ1) is 10.4. The number of aromatic nitrogens is 3. The molecule has 0 unspecified atom stereocenters. The topological polar surface area (TPSA) is 65.4 Å². The number of nitrogens with zero attached hydrogens (tertiary/aromatic N) is 3. The van der Waals surface area contributed by atoms with Gasteiger partial charge in [-0.2, -0.15) is 18.2 Å². The monoisotopic (exact) mass is 308 g/mol. The van der Waals surface area contributed by atoms with E-state index in [1.165, 1.54) is 42.0 Å². The Morgan fingerprint density at radius 2 is 1.86 bits per heavy atom. The Balaban J connectivity index is 2.33. The van der Waals surface area contributed by atoms with Gasteiger partial charge in [-0.25, -0.2) is 4.52 Å². The molecule has 0 saturated heterocycles. The SMILES string of the molecule is COc1ccc(-c2ccccc2C(F)(F)F)n2nc(N)nc12. The van der Waals surface area contributed by atoms with Gasteiger partial charge in [0.2, 0.25) is 5.95 Å². The van der Waals surface area contributed by atoms with Crippen LogP contribution in [-0.4, -0.2) is 21.7 Å². The predicted molar refractivity (Wildman–Crippen MR) is 74.4 cm³/mol. The Hall–Kier alpha value is -2.77. The number of fused-ring (bicyclic) bond motifs is 1. The van der Waals surface area contributed by atoms with Crippen LogP contribution in [0.1, 0.15) is 5.56 Å². The van der Waals surface area contributed by atoms with Gasteiger partial charge < -0.3 is 10.5 Å². The maximum Gasteiger partial charge on any atom is 0.417 e. The second-order valence-corrected chi connectivity index (χ2v) is 4.54. The highest BCUT2D eigenvalue weighted by molar-refractivity contribution is 5.70. The zero-order chi connectivity index (χ0) is 15.9. The molecule has 1 aromatic carbocycles. The first-order valence-electron chi connectivity index (χ1n) is 6.27. The minimum atomic E-state index is -4.48. The molecule has 2 N–H and O–H groups in total. The average molecular weight is 308 g/mol. The smallest absolute Gasteiger partial charge is 0.417 e. The number of nitrogens with two attached hydrogens (primary N) is 1. The normalized spacial score (nSPS) is 11.8. The van der Waals surface area contributed by atoms with E-state index in [0.717, 1.165) is 6.07 Å². The molecule has 0 spiro atoms. The molecule has 0 atom stereocenters. The maximum atomic E-state index is 13.2. The van der Waals surface area contributed by atoms with Gasteiger partial charge >= 0.3 is 6.18 Å². The maximum absolute atomic E-state index is 13.2. The van der Waals surface area contributed by atoms with E-state index in [2.05, 4.69) is 10.1 Å². The molecule has 0 bridgehead atoms. The Bertz CT molecular complexity index is 842. The lowest BCUT2D eigenvalue weighted by molar-refractivity contribution is -0.137. The molecule has 0 aliphatic heterocycles. The second-order valence-electron chi connectivity index (χ2n) is 4.54. The van der Waals surface area contributed by atoms with Crippen LogP contribution < -0.4 is 10.5 Å². The highest BCUT2D eigenvalue weighted by Crippen LogP contribution is 2.37. The van der Waals surface area contributed by atoms with Crippen LogP contribution in [0.25, 0.3) is 16.9 Å². The molecular formula is C14H11F3N4O. The number of ether oxygens (including phenoxy) is 1. The van der Waals surface area contributed by atoms with Crippen LogP contribution >= 0.6 is 0 Å². The van der Waals surface area contributed by atoms with Gasteiger partial charge in [0, 0.05) is 5.56 Å². The van der Waals surface area contributed by atoms with Gasteiger partial charge in [0.05, 0.1) is 18.4 Å². The molecule has 5 nitrogen and oxygen atoms in total. The molecule has 114 valence electrons. The van der Waals surface area contributed by atoms with E-state index >= 15 is 0 Å². The molecule has 22 heavy (non-hydrogen) atoms. The molecule has 2 heterocycles. The van der Waals surface area contributed by atoms with Gasteiger partial charge in [0.15, 0.2) is 11.4 Å². The summed E-state index contributed by atoms with van der Waals surface area (Å²) < 4.78 is 45.9. The van der Waals surface area contributed by atoms with Crippen LogP contribution in [0.2, 0.25) is 0 Å². The summed E-state index contributed by atoms with van der Waals surface area (Å²) in [7, 11) is 1.43. The van der Waals surface area contributed by atoms with Gasteiger partial charge in [0.25, 0.3) is 0 Å². The number of benzene rings is 1. The number of pyridine rings is 1. The van der Waals surface area contributed by atoms with Crippen LogP contribution in [0.4, 0.5) is 19.1 Å². The van der Waals surface area contributed by atoms with E-state index < -0.39 is 11.7 Å². The van der Waals surface area contributed by atoms with Gasteiger partial charge in [-0.05, 0) is 18.2 Å². The standard InChI is InChI=1S/C14H11F3N4O/c1-22-11-7-6-10(21-12(11)19-13(18)20-21)8-4-2-3-5-9(8)14(15,16)17/h2-7H,1H3,(H2,18,20). The fourth-order valence-electron chi connectivity index (χ4n) is 2.27. The highest BCUT2D eigenvalue weighted by Gasteiger charge is 2.34. The minimum absolute atomic E-state index is 0.00690. The third-order valence-corrected chi connectivity index (χ3v) is 3.19. The van der Waals surface area contributed by atoms with Gasteiger partial charge in [-0.3, -0.25) is 0 Å². The van der Waals surface area contributed by atoms with Crippen molar-refractivity contribution in [2.24, 2.45) is 0 Å². The summed E-state index contributed by atoms with van der Waals surface area (Å²) in [5.74, 6) is 0.327. The summed E-state index contributed by atoms with van der Waals surface area (Å²) in [5, 5.41) is 3.96. The Kier molecular flexibility index (Phi) is 3.16. The van der Waals surface area contributed by atoms with E-state index in [0.29, 0.717) is 5.75 Å². The highest BCUT2D eigenvalue weighted by atomic mass is 19.4. The quantitative estimate of drug-likeness (QED) is 0.790. The Morgan fingerprint density at radius 3 is 2.55 bits per heavy atom. The first-order valence-corrected chi connectivity index (χ1v) is 6.27. The summed E-state index contributed by atoms with van der Waals surface area (Å²) >= 11 is 0. The number of hydrogen-bond acceptors (Lipinski definition) is 4. The Morgan fingerprint density at radius 1 is 1.14 bits per heavy atom. The number of methoxy groups -OCH3 is 1. The van der Waals surface area contributed by atoms with Crippen LogP contribution in [0.3, 0.4) is 0 Å². The van der Waals surface area contributed by atoms with Crippen molar-refractivity contribution in [3.05, 3.63) is 42.0 Å². The summed E-state index contributed by atoms with van der Waals surface area (Å²) in [4.78, 5) is 3.99. The summed E-state index contributed by atoms with van der Waals surface area (Å²) in [6, 6.07) is 8.29. The number of halogens is 3. The summed E-state index contributed by atoms with van der Waals surface area (Å²) in [6.45, 7) is 0. The molecule has 0 aliphatic rings. The molecular weight excluding hydrogens is 297 g/mol. The van der Waals surface area contributed by atoms with Crippen molar-refractivity contribution in [3.63, 3.8) is 0 Å². The number of rotatable bonds is 2. The van der Waals surface area contributed by atoms with Gasteiger partial charge in [-0.15, -0.1) is 5.10 Å². The van der Waals surface area contributed by atoms with Gasteiger partial charge in [-0.1, -0.05) is 18.2 Å². The molecule has 3 aromatic rings. The lowest BCUT2D eigenvalue weighted by Gasteiger charge is -2.14. The van der Waals surface area contributed by atoms with Crippen LogP contribution in [-0.2, 0) is 6.18 Å².